The van der Waals surface area contributed by atoms with E-state index in [2.05, 4.69) is 41.5 Å². The molecular weight excluding hydrogens is 434 g/mol. The quantitative estimate of drug-likeness (QED) is 0.468. The fraction of sp³-hybridized carbons (Fsp3) is 0.423. The first-order valence-electron chi connectivity index (χ1n) is 11.6. The summed E-state index contributed by atoms with van der Waals surface area (Å²) in [5.41, 5.74) is 4.42. The molecule has 8 heteroatoms. The molecule has 0 aromatic heterocycles. The monoisotopic (exact) mass is 467 g/mol. The van der Waals surface area contributed by atoms with Crippen LogP contribution in [-0.4, -0.2) is 66.8 Å². The molecule has 0 saturated heterocycles. The maximum atomic E-state index is 12.6. The molecular formula is C26H33N3O5. The Morgan fingerprint density at radius 3 is 2.18 bits per heavy atom. The summed E-state index contributed by atoms with van der Waals surface area (Å²) in [4.78, 5) is 38.3. The molecule has 0 bridgehead atoms. The molecule has 0 radical (unpaired) electrons. The van der Waals surface area contributed by atoms with Crippen LogP contribution in [0.5, 0.6) is 0 Å². The SMILES string of the molecule is CC(C)N(C)CCNC(=O)C(CCC(=O)O)NC(=O)OCC1c2ccccc2-c2ccccc21. The molecule has 0 fully saturated rings. The highest BCUT2D eigenvalue weighted by atomic mass is 16.5. The number of hydrogen-bond donors (Lipinski definition) is 3. The number of benzene rings is 2. The standard InChI is InChI=1S/C26H33N3O5/c1-17(2)29(3)15-14-27-25(32)23(12-13-24(30)31)28-26(33)34-16-22-20-10-6-4-8-18(20)19-9-5-7-11-21(19)22/h4-11,17,22-23H,12-16H2,1-3H3,(H,27,32)(H,28,33)(H,30,31). The molecule has 3 N–H and O–H groups in total. The number of nitrogens with one attached hydrogen (secondary N) is 2. The average Bonchev–Trinajstić information content (AvgIpc) is 3.13. The van der Waals surface area contributed by atoms with E-state index in [4.69, 9.17) is 9.84 Å². The van der Waals surface area contributed by atoms with Crippen molar-refractivity contribution in [2.75, 3.05) is 26.7 Å². The highest BCUT2D eigenvalue weighted by Crippen LogP contribution is 2.44. The second kappa shape index (κ2) is 11.7. The molecule has 0 heterocycles. The highest BCUT2D eigenvalue weighted by molar-refractivity contribution is 5.86. The van der Waals surface area contributed by atoms with Gasteiger partial charge >= 0.3 is 12.1 Å². The molecule has 2 amide bonds. The number of carbonyl (C=O) groups excluding carboxylic acids is 2. The Labute approximate surface area is 200 Å². The van der Waals surface area contributed by atoms with Crippen molar-refractivity contribution in [3.05, 3.63) is 59.7 Å². The fourth-order valence-corrected chi connectivity index (χ4v) is 4.06. The lowest BCUT2D eigenvalue weighted by molar-refractivity contribution is -0.137. The summed E-state index contributed by atoms with van der Waals surface area (Å²) in [5.74, 6) is -1.56. The van der Waals surface area contributed by atoms with E-state index in [-0.39, 0.29) is 25.4 Å². The number of hydrogen-bond acceptors (Lipinski definition) is 5. The third kappa shape index (κ3) is 6.35. The Bertz CT molecular complexity index is 978. The van der Waals surface area contributed by atoms with Gasteiger partial charge in [0.2, 0.25) is 5.91 Å². The summed E-state index contributed by atoms with van der Waals surface area (Å²) in [5, 5.41) is 14.4. The first-order chi connectivity index (χ1) is 16.3. The largest absolute Gasteiger partial charge is 0.481 e. The molecule has 3 rings (SSSR count). The van der Waals surface area contributed by atoms with E-state index in [9.17, 15) is 14.4 Å². The zero-order valence-electron chi connectivity index (χ0n) is 19.9. The predicted molar refractivity (Wildman–Crippen MR) is 130 cm³/mol. The van der Waals surface area contributed by atoms with Crippen molar-refractivity contribution >= 4 is 18.0 Å². The molecule has 0 aliphatic heterocycles. The van der Waals surface area contributed by atoms with Gasteiger partial charge in [0.1, 0.15) is 12.6 Å². The Hall–Kier alpha value is -3.39. The molecule has 2 aromatic rings. The van der Waals surface area contributed by atoms with Gasteiger partial charge in [0.05, 0.1) is 0 Å². The molecule has 1 aliphatic rings. The molecule has 0 saturated carbocycles. The van der Waals surface area contributed by atoms with Crippen LogP contribution < -0.4 is 10.6 Å². The molecule has 1 atom stereocenters. The lowest BCUT2D eigenvalue weighted by atomic mass is 9.98. The zero-order chi connectivity index (χ0) is 24.7. The summed E-state index contributed by atoms with van der Waals surface area (Å²) in [6, 6.07) is 15.4. The summed E-state index contributed by atoms with van der Waals surface area (Å²) < 4.78 is 5.52. The summed E-state index contributed by atoms with van der Waals surface area (Å²) in [7, 11) is 1.95. The van der Waals surface area contributed by atoms with Gasteiger partial charge < -0.3 is 25.4 Å². The van der Waals surface area contributed by atoms with Gasteiger partial charge in [0.25, 0.3) is 0 Å². The minimum absolute atomic E-state index is 0.0224. The molecule has 182 valence electrons. The number of carboxylic acids is 1. The van der Waals surface area contributed by atoms with Gasteiger partial charge in [-0.25, -0.2) is 4.79 Å². The van der Waals surface area contributed by atoms with E-state index in [1.165, 1.54) is 0 Å². The zero-order valence-corrected chi connectivity index (χ0v) is 19.9. The van der Waals surface area contributed by atoms with E-state index >= 15 is 0 Å². The van der Waals surface area contributed by atoms with E-state index in [1.807, 2.05) is 43.4 Å². The number of likely N-dealkylation sites (N-methyl/N-ethyl adjacent to an activating group) is 1. The molecule has 34 heavy (non-hydrogen) atoms. The fourth-order valence-electron chi connectivity index (χ4n) is 4.06. The highest BCUT2D eigenvalue weighted by Gasteiger charge is 2.30. The van der Waals surface area contributed by atoms with Gasteiger partial charge in [-0.3, -0.25) is 9.59 Å². The number of alkyl carbamates (subject to hydrolysis) is 1. The van der Waals surface area contributed by atoms with E-state index in [1.54, 1.807) is 0 Å². The minimum Gasteiger partial charge on any atom is -0.481 e. The van der Waals surface area contributed by atoms with Crippen molar-refractivity contribution in [2.24, 2.45) is 0 Å². The van der Waals surface area contributed by atoms with Crippen molar-refractivity contribution in [1.82, 2.24) is 15.5 Å². The van der Waals surface area contributed by atoms with Crippen molar-refractivity contribution < 1.29 is 24.2 Å². The van der Waals surface area contributed by atoms with Gasteiger partial charge in [-0.15, -0.1) is 0 Å². The van der Waals surface area contributed by atoms with Crippen LogP contribution in [-0.2, 0) is 14.3 Å². The number of fused-ring (bicyclic) bond motifs is 3. The molecule has 2 aromatic carbocycles. The number of carboxylic acid groups (broad SMARTS) is 1. The first kappa shape index (κ1) is 25.2. The third-order valence-electron chi connectivity index (χ3n) is 6.24. The molecule has 0 spiro atoms. The van der Waals surface area contributed by atoms with Crippen molar-refractivity contribution in [1.29, 1.82) is 0 Å². The van der Waals surface area contributed by atoms with Crippen LogP contribution in [0.25, 0.3) is 11.1 Å². The lowest BCUT2D eigenvalue weighted by Crippen LogP contribution is -2.48. The number of rotatable bonds is 11. The number of nitrogens with zero attached hydrogens (tertiary/aromatic N) is 1. The smallest absolute Gasteiger partial charge is 0.407 e. The van der Waals surface area contributed by atoms with Crippen molar-refractivity contribution in [3.63, 3.8) is 0 Å². The van der Waals surface area contributed by atoms with Gasteiger partial charge in [0, 0.05) is 31.5 Å². The Morgan fingerprint density at radius 1 is 1.03 bits per heavy atom. The van der Waals surface area contributed by atoms with Crippen LogP contribution in [0, 0.1) is 0 Å². The topological polar surface area (TPSA) is 108 Å². The molecule has 1 unspecified atom stereocenters. The first-order valence-corrected chi connectivity index (χ1v) is 11.6. The van der Waals surface area contributed by atoms with Crippen LogP contribution in [0.4, 0.5) is 4.79 Å². The number of aliphatic carboxylic acids is 1. The average molecular weight is 468 g/mol. The number of carbonyl (C=O) groups is 3. The van der Waals surface area contributed by atoms with Crippen LogP contribution in [0.1, 0.15) is 43.7 Å². The maximum Gasteiger partial charge on any atom is 0.407 e. The number of amides is 2. The molecule has 1 aliphatic carbocycles. The lowest BCUT2D eigenvalue weighted by Gasteiger charge is -2.22. The van der Waals surface area contributed by atoms with Crippen LogP contribution in [0.3, 0.4) is 0 Å². The summed E-state index contributed by atoms with van der Waals surface area (Å²) in [6.07, 6.45) is -1.01. The Kier molecular flexibility index (Phi) is 8.65. The van der Waals surface area contributed by atoms with E-state index in [0.29, 0.717) is 19.1 Å². The van der Waals surface area contributed by atoms with E-state index < -0.39 is 24.0 Å². The second-order valence-corrected chi connectivity index (χ2v) is 8.82. The maximum absolute atomic E-state index is 12.6. The van der Waals surface area contributed by atoms with E-state index in [0.717, 1.165) is 22.3 Å². The van der Waals surface area contributed by atoms with Crippen LogP contribution >= 0.6 is 0 Å². The third-order valence-corrected chi connectivity index (χ3v) is 6.24. The van der Waals surface area contributed by atoms with Crippen LogP contribution in [0.2, 0.25) is 0 Å². The van der Waals surface area contributed by atoms with Gasteiger partial charge in [0.15, 0.2) is 0 Å². The summed E-state index contributed by atoms with van der Waals surface area (Å²) >= 11 is 0. The number of ether oxygens (including phenoxy) is 1. The molecule has 8 nitrogen and oxygen atoms in total. The minimum atomic E-state index is -1.04. The van der Waals surface area contributed by atoms with Gasteiger partial charge in [-0.05, 0) is 49.6 Å². The van der Waals surface area contributed by atoms with Crippen molar-refractivity contribution in [3.8, 4) is 11.1 Å². The second-order valence-electron chi connectivity index (χ2n) is 8.82. The summed E-state index contributed by atoms with van der Waals surface area (Å²) in [6.45, 7) is 5.25. The van der Waals surface area contributed by atoms with Gasteiger partial charge in [-0.1, -0.05) is 48.5 Å². The van der Waals surface area contributed by atoms with Gasteiger partial charge in [-0.2, -0.15) is 0 Å². The van der Waals surface area contributed by atoms with Crippen LogP contribution in [0.15, 0.2) is 48.5 Å². The predicted octanol–water partition coefficient (Wildman–Crippen LogP) is 3.21. The Balaban J connectivity index is 1.60. The normalized spacial score (nSPS) is 13.3. The Morgan fingerprint density at radius 2 is 1.62 bits per heavy atom. The van der Waals surface area contributed by atoms with Crippen molar-refractivity contribution in [2.45, 2.75) is 44.7 Å².